The molecule has 96 valence electrons. The molecule has 0 aromatic heterocycles. The SMILES string of the molecule is CC1(CNCc2ccc(F)c(C#N)c2)CCCC1. The smallest absolute Gasteiger partial charge is 0.140 e. The Balaban J connectivity index is 1.89. The van der Waals surface area contributed by atoms with Gasteiger partial charge in [0.2, 0.25) is 0 Å². The Hall–Kier alpha value is -1.40. The van der Waals surface area contributed by atoms with E-state index in [1.807, 2.05) is 6.07 Å². The monoisotopic (exact) mass is 246 g/mol. The molecule has 0 saturated heterocycles. The Morgan fingerprint density at radius 3 is 2.78 bits per heavy atom. The maximum Gasteiger partial charge on any atom is 0.140 e. The first-order chi connectivity index (χ1) is 8.63. The molecule has 2 rings (SSSR count). The van der Waals surface area contributed by atoms with Gasteiger partial charge in [-0.3, -0.25) is 0 Å². The quantitative estimate of drug-likeness (QED) is 0.884. The van der Waals surface area contributed by atoms with Crippen LogP contribution in [0, 0.1) is 22.6 Å². The van der Waals surface area contributed by atoms with Crippen LogP contribution in [0.5, 0.6) is 0 Å². The molecule has 0 bridgehead atoms. The molecule has 0 spiro atoms. The van der Waals surface area contributed by atoms with Crippen LogP contribution in [-0.4, -0.2) is 6.54 Å². The van der Waals surface area contributed by atoms with Gasteiger partial charge in [-0.2, -0.15) is 5.26 Å². The summed E-state index contributed by atoms with van der Waals surface area (Å²) in [7, 11) is 0. The van der Waals surface area contributed by atoms with Gasteiger partial charge in [0.1, 0.15) is 11.9 Å². The summed E-state index contributed by atoms with van der Waals surface area (Å²) in [5, 5.41) is 12.2. The van der Waals surface area contributed by atoms with E-state index in [0.717, 1.165) is 12.1 Å². The molecule has 0 amide bonds. The molecular formula is C15H19FN2. The third-order valence-electron chi connectivity index (χ3n) is 3.84. The van der Waals surface area contributed by atoms with Gasteiger partial charge < -0.3 is 5.32 Å². The van der Waals surface area contributed by atoms with Gasteiger partial charge in [0.05, 0.1) is 5.56 Å². The lowest BCUT2D eigenvalue weighted by atomic mass is 9.89. The number of nitrogens with one attached hydrogen (secondary N) is 1. The standard InChI is InChI=1S/C15H19FN2/c1-15(6-2-3-7-15)11-18-10-12-4-5-14(16)13(8-12)9-17/h4-5,8,18H,2-3,6-7,10-11H2,1H3. The van der Waals surface area contributed by atoms with Gasteiger partial charge in [-0.15, -0.1) is 0 Å². The van der Waals surface area contributed by atoms with Crippen molar-refractivity contribution < 1.29 is 4.39 Å². The minimum Gasteiger partial charge on any atom is -0.312 e. The molecular weight excluding hydrogens is 227 g/mol. The number of benzene rings is 1. The molecule has 1 aromatic rings. The Kier molecular flexibility index (Phi) is 3.98. The van der Waals surface area contributed by atoms with Gasteiger partial charge in [-0.05, 0) is 36.0 Å². The summed E-state index contributed by atoms with van der Waals surface area (Å²) in [6, 6.07) is 6.60. The van der Waals surface area contributed by atoms with Crippen molar-refractivity contribution in [2.45, 2.75) is 39.2 Å². The average Bonchev–Trinajstić information content (AvgIpc) is 2.78. The van der Waals surface area contributed by atoms with E-state index in [1.54, 1.807) is 12.1 Å². The molecule has 2 nitrogen and oxygen atoms in total. The molecule has 1 saturated carbocycles. The highest BCUT2D eigenvalue weighted by Crippen LogP contribution is 2.36. The highest BCUT2D eigenvalue weighted by molar-refractivity contribution is 5.34. The van der Waals surface area contributed by atoms with Crippen molar-refractivity contribution in [3.8, 4) is 6.07 Å². The number of hydrogen-bond donors (Lipinski definition) is 1. The Labute approximate surface area is 108 Å². The fraction of sp³-hybridized carbons (Fsp3) is 0.533. The lowest BCUT2D eigenvalue weighted by Crippen LogP contribution is -2.29. The lowest BCUT2D eigenvalue weighted by Gasteiger charge is -2.23. The minimum atomic E-state index is -0.441. The second-order valence-corrected chi connectivity index (χ2v) is 5.55. The summed E-state index contributed by atoms with van der Waals surface area (Å²) in [4.78, 5) is 0. The van der Waals surface area contributed by atoms with Crippen LogP contribution in [0.25, 0.3) is 0 Å². The fourth-order valence-electron chi connectivity index (χ4n) is 2.68. The second kappa shape index (κ2) is 5.49. The van der Waals surface area contributed by atoms with Crippen LogP contribution in [0.2, 0.25) is 0 Å². The first kappa shape index (κ1) is 13.0. The molecule has 1 fully saturated rings. The van der Waals surface area contributed by atoms with Crippen LogP contribution in [0.4, 0.5) is 4.39 Å². The summed E-state index contributed by atoms with van der Waals surface area (Å²) in [6.45, 7) is 4.01. The zero-order valence-corrected chi connectivity index (χ0v) is 10.8. The summed E-state index contributed by atoms with van der Waals surface area (Å²) in [5.74, 6) is -0.441. The van der Waals surface area contributed by atoms with Crippen LogP contribution in [0.15, 0.2) is 18.2 Å². The second-order valence-electron chi connectivity index (χ2n) is 5.55. The van der Waals surface area contributed by atoms with Gasteiger partial charge in [0, 0.05) is 13.1 Å². The van der Waals surface area contributed by atoms with Crippen LogP contribution in [0.3, 0.4) is 0 Å². The first-order valence-electron chi connectivity index (χ1n) is 6.52. The Morgan fingerprint density at radius 2 is 2.11 bits per heavy atom. The molecule has 1 N–H and O–H groups in total. The predicted molar refractivity (Wildman–Crippen MR) is 69.4 cm³/mol. The first-order valence-corrected chi connectivity index (χ1v) is 6.52. The number of nitrogens with zero attached hydrogens (tertiary/aromatic N) is 1. The summed E-state index contributed by atoms with van der Waals surface area (Å²) >= 11 is 0. The third kappa shape index (κ3) is 3.08. The highest BCUT2D eigenvalue weighted by atomic mass is 19.1. The van der Waals surface area contributed by atoms with E-state index in [0.29, 0.717) is 12.0 Å². The third-order valence-corrected chi connectivity index (χ3v) is 3.84. The van der Waals surface area contributed by atoms with E-state index in [-0.39, 0.29) is 5.56 Å². The number of hydrogen-bond acceptors (Lipinski definition) is 2. The van der Waals surface area contributed by atoms with Crippen molar-refractivity contribution in [3.63, 3.8) is 0 Å². The van der Waals surface area contributed by atoms with Gasteiger partial charge in [-0.25, -0.2) is 4.39 Å². The molecule has 1 aromatic carbocycles. The van der Waals surface area contributed by atoms with E-state index in [2.05, 4.69) is 12.2 Å². The van der Waals surface area contributed by atoms with Crippen molar-refractivity contribution in [2.75, 3.05) is 6.54 Å². The van der Waals surface area contributed by atoms with Crippen molar-refractivity contribution in [1.29, 1.82) is 5.26 Å². The summed E-state index contributed by atoms with van der Waals surface area (Å²) in [5.41, 5.74) is 1.51. The molecule has 18 heavy (non-hydrogen) atoms. The number of rotatable bonds is 4. The van der Waals surface area contributed by atoms with E-state index in [1.165, 1.54) is 31.7 Å². The lowest BCUT2D eigenvalue weighted by molar-refractivity contribution is 0.314. The number of halogens is 1. The van der Waals surface area contributed by atoms with Crippen molar-refractivity contribution in [1.82, 2.24) is 5.32 Å². The molecule has 0 aliphatic heterocycles. The molecule has 1 aliphatic rings. The molecule has 0 atom stereocenters. The van der Waals surface area contributed by atoms with E-state index < -0.39 is 5.82 Å². The highest BCUT2D eigenvalue weighted by Gasteiger charge is 2.27. The normalized spacial score (nSPS) is 17.6. The van der Waals surface area contributed by atoms with Gasteiger partial charge >= 0.3 is 0 Å². The molecule has 3 heteroatoms. The number of nitriles is 1. The maximum atomic E-state index is 13.2. The van der Waals surface area contributed by atoms with E-state index in [9.17, 15) is 4.39 Å². The summed E-state index contributed by atoms with van der Waals surface area (Å²) < 4.78 is 13.2. The topological polar surface area (TPSA) is 35.8 Å². The van der Waals surface area contributed by atoms with Crippen molar-refractivity contribution in [3.05, 3.63) is 35.1 Å². The van der Waals surface area contributed by atoms with Gasteiger partial charge in [-0.1, -0.05) is 25.8 Å². The minimum absolute atomic E-state index is 0.126. The van der Waals surface area contributed by atoms with Crippen LogP contribution in [-0.2, 0) is 6.54 Å². The zero-order chi connectivity index (χ0) is 13.0. The fourth-order valence-corrected chi connectivity index (χ4v) is 2.68. The molecule has 0 heterocycles. The maximum absolute atomic E-state index is 13.2. The van der Waals surface area contributed by atoms with E-state index >= 15 is 0 Å². The summed E-state index contributed by atoms with van der Waals surface area (Å²) in [6.07, 6.45) is 5.22. The molecule has 1 aliphatic carbocycles. The molecule has 0 radical (unpaired) electrons. The van der Waals surface area contributed by atoms with Gasteiger partial charge in [0.25, 0.3) is 0 Å². The van der Waals surface area contributed by atoms with Crippen molar-refractivity contribution >= 4 is 0 Å². The Bertz CT molecular complexity index is 456. The van der Waals surface area contributed by atoms with Gasteiger partial charge in [0.15, 0.2) is 0 Å². The molecule has 0 unspecified atom stereocenters. The van der Waals surface area contributed by atoms with Crippen LogP contribution >= 0.6 is 0 Å². The van der Waals surface area contributed by atoms with Crippen molar-refractivity contribution in [2.24, 2.45) is 5.41 Å². The van der Waals surface area contributed by atoms with Crippen LogP contribution < -0.4 is 5.32 Å². The van der Waals surface area contributed by atoms with Crippen LogP contribution in [0.1, 0.15) is 43.7 Å². The van der Waals surface area contributed by atoms with E-state index in [4.69, 9.17) is 5.26 Å². The average molecular weight is 246 g/mol. The largest absolute Gasteiger partial charge is 0.312 e. The zero-order valence-electron chi connectivity index (χ0n) is 10.8. The predicted octanol–water partition coefficient (Wildman–Crippen LogP) is 3.37. The Morgan fingerprint density at radius 1 is 1.39 bits per heavy atom.